The second-order valence-electron chi connectivity index (χ2n) is 11.3. The zero-order valence-electron chi connectivity index (χ0n) is 25.8. The van der Waals surface area contributed by atoms with Crippen LogP contribution in [0.3, 0.4) is 0 Å². The van der Waals surface area contributed by atoms with Gasteiger partial charge in [0.2, 0.25) is 0 Å². The van der Waals surface area contributed by atoms with Crippen LogP contribution in [0.15, 0.2) is 49.1 Å². The van der Waals surface area contributed by atoms with E-state index in [1.807, 2.05) is 0 Å². The predicted octanol–water partition coefficient (Wildman–Crippen LogP) is 12.0. The highest BCUT2D eigenvalue weighted by molar-refractivity contribution is 6.05. The Morgan fingerprint density at radius 1 is 0.846 bits per heavy atom. The lowest BCUT2D eigenvalue weighted by Gasteiger charge is -2.36. The largest absolute Gasteiger partial charge is 0.344 e. The third-order valence-electron chi connectivity index (χ3n) is 7.22. The molecule has 3 aliphatic carbocycles. The Morgan fingerprint density at radius 2 is 1.13 bits per heavy atom. The fourth-order valence-corrected chi connectivity index (χ4v) is 5.30. The van der Waals surface area contributed by atoms with E-state index in [1.54, 1.807) is 4.91 Å². The molecule has 0 amide bonds. The van der Waals surface area contributed by atoms with Gasteiger partial charge in [-0.1, -0.05) is 111 Å². The summed E-state index contributed by atoms with van der Waals surface area (Å²) < 4.78 is 0. The van der Waals surface area contributed by atoms with Gasteiger partial charge in [0.15, 0.2) is 0 Å². The van der Waals surface area contributed by atoms with E-state index < -0.39 is 0 Å². The van der Waals surface area contributed by atoms with E-state index in [9.17, 15) is 0 Å². The molecule has 2 radical (unpaired) electrons. The maximum Gasteiger partial charge on any atom is 0.0606 e. The standard InChI is InChI=1S/C14H22.C12H20.C4H10.CH3B.CH4.HN3.N2.H3N/c1-11-7-3-5-9-13(11)14-10-6-4-8-12(14)2;1-5-12(3,4)11-9-7-6-8-10(11)2;1-4(2)3;1-2;;1-3-2;1-2;/h13-14H,1-10H2;5,11H,1-2,6-9H2,3-4H3;4H,1-3H3;1H3;1H4;1H;;1H3. The summed E-state index contributed by atoms with van der Waals surface area (Å²) in [5.41, 5.74) is 17.0. The number of hydrogen-bond donors (Lipinski definition) is 2. The van der Waals surface area contributed by atoms with Crippen molar-refractivity contribution in [1.29, 1.82) is 16.3 Å². The molecule has 7 heteroatoms. The zero-order chi connectivity index (χ0) is 29.4. The van der Waals surface area contributed by atoms with E-state index in [0.717, 1.165) is 17.8 Å². The summed E-state index contributed by atoms with van der Waals surface area (Å²) in [6, 6.07) is 0. The normalized spacial score (nSPS) is 21.6. The van der Waals surface area contributed by atoms with Gasteiger partial charge < -0.3 is 6.15 Å². The highest BCUT2D eigenvalue weighted by Gasteiger charge is 2.30. The van der Waals surface area contributed by atoms with Crippen LogP contribution in [0.5, 0.6) is 0 Å². The van der Waals surface area contributed by atoms with Crippen LogP contribution in [0, 0.1) is 45.4 Å². The summed E-state index contributed by atoms with van der Waals surface area (Å²) >= 11 is 0. The minimum absolute atomic E-state index is 0. The molecule has 0 bridgehead atoms. The van der Waals surface area contributed by atoms with Crippen molar-refractivity contribution in [3.05, 3.63) is 59.6 Å². The van der Waals surface area contributed by atoms with Crippen molar-refractivity contribution >= 4 is 7.85 Å². The van der Waals surface area contributed by atoms with E-state index in [-0.39, 0.29) is 19.0 Å². The van der Waals surface area contributed by atoms with Crippen LogP contribution in [-0.2, 0) is 0 Å². The Labute approximate surface area is 244 Å². The third kappa shape index (κ3) is 21.2. The fourth-order valence-electron chi connectivity index (χ4n) is 5.30. The van der Waals surface area contributed by atoms with Crippen LogP contribution in [-0.4, -0.2) is 7.85 Å². The molecule has 4 N–H and O–H groups in total. The lowest BCUT2D eigenvalue weighted by molar-refractivity contribution is 0.274. The van der Waals surface area contributed by atoms with Crippen molar-refractivity contribution in [2.45, 2.75) is 126 Å². The van der Waals surface area contributed by atoms with Gasteiger partial charge in [-0.05, 0) is 97.3 Å². The number of hydrogen-bond acceptors (Lipinski definition) is 4. The van der Waals surface area contributed by atoms with E-state index in [2.05, 4.69) is 74.9 Å². The Balaban J connectivity index is -0.000000141. The van der Waals surface area contributed by atoms with Gasteiger partial charge in [-0.15, -0.1) is 12.1 Å². The van der Waals surface area contributed by atoms with Crippen molar-refractivity contribution < 1.29 is 0 Å². The molecule has 3 atom stereocenters. The molecule has 3 unspecified atom stereocenters. The molecule has 0 aromatic heterocycles. The van der Waals surface area contributed by atoms with E-state index in [1.165, 1.54) is 101 Å². The molecule has 224 valence electrons. The number of nitrogens with one attached hydrogen (secondary N) is 1. The van der Waals surface area contributed by atoms with Gasteiger partial charge in [0.05, 0.1) is 7.85 Å². The molecule has 0 aliphatic heterocycles. The molecule has 0 aromatic carbocycles. The van der Waals surface area contributed by atoms with Gasteiger partial charge in [-0.3, -0.25) is 0 Å². The first-order valence-electron chi connectivity index (χ1n) is 14.0. The smallest absolute Gasteiger partial charge is 0.0606 e. The molecule has 0 heterocycles. The van der Waals surface area contributed by atoms with Gasteiger partial charge in [0, 0.05) is 10.8 Å². The molecule has 3 aliphatic rings. The van der Waals surface area contributed by atoms with Crippen molar-refractivity contribution in [2.75, 3.05) is 0 Å². The number of rotatable bonds is 3. The van der Waals surface area contributed by atoms with Crippen molar-refractivity contribution in [3.63, 3.8) is 0 Å². The first kappa shape index (κ1) is 46.6. The van der Waals surface area contributed by atoms with Crippen LogP contribution < -0.4 is 6.15 Å². The van der Waals surface area contributed by atoms with Crippen LogP contribution in [0.4, 0.5) is 0 Å². The van der Waals surface area contributed by atoms with Gasteiger partial charge in [-0.2, -0.15) is 0 Å². The molecule has 6 nitrogen and oxygen atoms in total. The Hall–Kier alpha value is -2.29. The number of allylic oxidation sites excluding steroid dienone is 4. The third-order valence-corrected chi connectivity index (χ3v) is 7.22. The number of nitrogens with zero attached hydrogens (tertiary/aromatic N) is 4. The SMILES string of the molecule is C.C=C1CCCCC1C1CCCCC1=C.C=CC(C)(C)C1CCCCC1=C.CC(C)C.N.N#N.[B]C.[N-]=[N+]=N. The molecule has 0 spiro atoms. The molecule has 3 saturated carbocycles. The zero-order valence-corrected chi connectivity index (χ0v) is 25.8. The van der Waals surface area contributed by atoms with Crippen LogP contribution in [0.1, 0.15) is 119 Å². The fraction of sp³-hybridized carbons (Fsp3) is 0.750. The highest BCUT2D eigenvalue weighted by atomic mass is 15.0. The van der Waals surface area contributed by atoms with Crippen LogP contribution >= 0.6 is 0 Å². The van der Waals surface area contributed by atoms with E-state index >= 15 is 0 Å². The molecule has 0 saturated heterocycles. The Morgan fingerprint density at radius 3 is 1.38 bits per heavy atom. The van der Waals surface area contributed by atoms with Gasteiger partial charge in [0.25, 0.3) is 0 Å². The summed E-state index contributed by atoms with van der Waals surface area (Å²) in [5, 5.41) is 12.0. The van der Waals surface area contributed by atoms with Crippen molar-refractivity contribution in [3.8, 4) is 0 Å². The summed E-state index contributed by atoms with van der Waals surface area (Å²) in [6.07, 6.45) is 18.2. The molecule has 3 rings (SSSR count). The summed E-state index contributed by atoms with van der Waals surface area (Å²) in [7, 11) is 4.50. The molecular formula is C32H63BN6. The molecule has 39 heavy (non-hydrogen) atoms. The summed E-state index contributed by atoms with van der Waals surface area (Å²) in [5.74, 6) is 3.08. The van der Waals surface area contributed by atoms with Crippen molar-refractivity contribution in [2.24, 2.45) is 29.1 Å². The molecule has 3 fully saturated rings. The monoisotopic (exact) mass is 543 g/mol. The average molecular weight is 543 g/mol. The maximum atomic E-state index is 6.86. The minimum Gasteiger partial charge on any atom is -0.344 e. The predicted molar refractivity (Wildman–Crippen MR) is 174 cm³/mol. The highest BCUT2D eigenvalue weighted by Crippen LogP contribution is 2.43. The van der Waals surface area contributed by atoms with E-state index in [0.29, 0.717) is 5.92 Å². The maximum absolute atomic E-state index is 6.86. The topological polar surface area (TPSA) is 143 Å². The van der Waals surface area contributed by atoms with Crippen LogP contribution in [0.2, 0.25) is 6.82 Å². The minimum atomic E-state index is 0. The first-order valence-corrected chi connectivity index (χ1v) is 14.0. The van der Waals surface area contributed by atoms with E-state index in [4.69, 9.17) is 21.8 Å². The second-order valence-corrected chi connectivity index (χ2v) is 11.3. The Bertz CT molecular complexity index is 676. The first-order chi connectivity index (χ1) is 17.5. The average Bonchev–Trinajstić information content (AvgIpc) is 2.88. The quantitative estimate of drug-likeness (QED) is 0.0913. The van der Waals surface area contributed by atoms with Gasteiger partial charge >= 0.3 is 0 Å². The Kier molecular flexibility index (Phi) is 34.3. The summed E-state index contributed by atoms with van der Waals surface area (Å²) in [4.78, 5) is 1.75. The lowest BCUT2D eigenvalue weighted by atomic mass is 9.69. The summed E-state index contributed by atoms with van der Waals surface area (Å²) in [6.45, 7) is 29.1. The van der Waals surface area contributed by atoms with Crippen molar-refractivity contribution in [1.82, 2.24) is 6.15 Å². The molecular weight excluding hydrogens is 479 g/mol. The van der Waals surface area contributed by atoms with Gasteiger partial charge in [0.1, 0.15) is 0 Å². The van der Waals surface area contributed by atoms with Crippen LogP contribution in [0.25, 0.3) is 10.4 Å². The lowest BCUT2D eigenvalue weighted by Crippen LogP contribution is -2.25. The van der Waals surface area contributed by atoms with Gasteiger partial charge in [-0.25, -0.2) is 0 Å². The second kappa shape index (κ2) is 28.7. The molecule has 0 aromatic rings.